The predicted molar refractivity (Wildman–Crippen MR) is 95.7 cm³/mol. The molecule has 0 radical (unpaired) electrons. The van der Waals surface area contributed by atoms with Crippen molar-refractivity contribution in [2.45, 2.75) is 76.3 Å². The number of carbonyl (C=O) groups is 1. The molecular formula is C19H33ClN2O. The van der Waals surface area contributed by atoms with E-state index in [1.807, 2.05) is 0 Å². The molecule has 1 amide bonds. The molecule has 0 aromatic carbocycles. The lowest BCUT2D eigenvalue weighted by Crippen LogP contribution is -2.55. The van der Waals surface area contributed by atoms with Gasteiger partial charge in [-0.25, -0.2) is 0 Å². The lowest BCUT2D eigenvalue weighted by Gasteiger charge is -2.47. The summed E-state index contributed by atoms with van der Waals surface area (Å²) >= 11 is 6.32. The topological polar surface area (TPSA) is 23.6 Å². The fourth-order valence-corrected chi connectivity index (χ4v) is 5.84. The summed E-state index contributed by atoms with van der Waals surface area (Å²) in [6.45, 7) is 5.90. The van der Waals surface area contributed by atoms with E-state index in [9.17, 15) is 4.79 Å². The van der Waals surface area contributed by atoms with Crippen LogP contribution in [-0.4, -0.2) is 53.3 Å². The van der Waals surface area contributed by atoms with Gasteiger partial charge < -0.3 is 4.90 Å². The summed E-state index contributed by atoms with van der Waals surface area (Å²) in [7, 11) is 2.25. The van der Waals surface area contributed by atoms with Crippen LogP contribution in [0.25, 0.3) is 0 Å². The Kier molecular flexibility index (Phi) is 5.57. The number of amides is 1. The van der Waals surface area contributed by atoms with Gasteiger partial charge >= 0.3 is 0 Å². The summed E-state index contributed by atoms with van der Waals surface area (Å²) in [5.41, 5.74) is 0. The number of nitrogens with zero attached hydrogens (tertiary/aromatic N) is 2. The van der Waals surface area contributed by atoms with Gasteiger partial charge in [0.2, 0.25) is 5.91 Å². The van der Waals surface area contributed by atoms with Crippen LogP contribution in [0.5, 0.6) is 0 Å². The van der Waals surface area contributed by atoms with Crippen LogP contribution >= 0.6 is 11.6 Å². The molecule has 3 aliphatic rings. The molecule has 0 spiro atoms. The maximum atomic E-state index is 13.3. The molecule has 2 saturated heterocycles. The number of hydrogen-bond acceptors (Lipinski definition) is 2. The number of hydrogen-bond donors (Lipinski definition) is 0. The van der Waals surface area contributed by atoms with Crippen LogP contribution in [0.2, 0.25) is 0 Å². The van der Waals surface area contributed by atoms with E-state index in [0.717, 1.165) is 25.9 Å². The van der Waals surface area contributed by atoms with E-state index in [1.165, 1.54) is 32.1 Å². The van der Waals surface area contributed by atoms with Crippen molar-refractivity contribution < 1.29 is 4.79 Å². The van der Waals surface area contributed by atoms with Crippen molar-refractivity contribution in [3.05, 3.63) is 0 Å². The van der Waals surface area contributed by atoms with Gasteiger partial charge in [-0.05, 0) is 77.7 Å². The van der Waals surface area contributed by atoms with E-state index >= 15 is 0 Å². The zero-order chi connectivity index (χ0) is 16.6. The molecule has 1 saturated carbocycles. The molecule has 4 atom stereocenters. The molecule has 3 nitrogen and oxygen atoms in total. The molecular weight excluding hydrogens is 308 g/mol. The minimum absolute atomic E-state index is 0.218. The Labute approximate surface area is 146 Å². The van der Waals surface area contributed by atoms with Gasteiger partial charge in [-0.15, -0.1) is 11.6 Å². The summed E-state index contributed by atoms with van der Waals surface area (Å²) in [4.78, 5) is 17.9. The van der Waals surface area contributed by atoms with Gasteiger partial charge in [-0.1, -0.05) is 0 Å². The van der Waals surface area contributed by atoms with Crippen molar-refractivity contribution in [3.8, 4) is 0 Å². The van der Waals surface area contributed by atoms with Crippen LogP contribution in [-0.2, 0) is 4.79 Å². The number of alkyl halides is 1. The van der Waals surface area contributed by atoms with Gasteiger partial charge in [0.25, 0.3) is 0 Å². The monoisotopic (exact) mass is 340 g/mol. The van der Waals surface area contributed by atoms with E-state index < -0.39 is 0 Å². The van der Waals surface area contributed by atoms with Crippen molar-refractivity contribution in [1.29, 1.82) is 0 Å². The number of halogens is 1. The van der Waals surface area contributed by atoms with Crippen LogP contribution in [0.1, 0.15) is 58.8 Å². The third-order valence-corrected chi connectivity index (χ3v) is 7.42. The number of carbonyl (C=O) groups excluding carboxylic acids is 1. The van der Waals surface area contributed by atoms with Crippen molar-refractivity contribution in [2.24, 2.45) is 17.8 Å². The fraction of sp³-hybridized carbons (Fsp3) is 0.947. The van der Waals surface area contributed by atoms with Crippen molar-refractivity contribution in [3.63, 3.8) is 0 Å². The second-order valence-corrected chi connectivity index (χ2v) is 8.53. The average Bonchev–Trinajstić information content (AvgIpc) is 2.79. The summed E-state index contributed by atoms with van der Waals surface area (Å²) in [5, 5.41) is 0.367. The molecule has 2 heterocycles. The maximum Gasteiger partial charge on any atom is 0.227 e. The third kappa shape index (κ3) is 3.28. The first-order valence-electron chi connectivity index (χ1n) is 9.71. The van der Waals surface area contributed by atoms with Crippen molar-refractivity contribution in [2.75, 3.05) is 20.1 Å². The van der Waals surface area contributed by atoms with E-state index in [0.29, 0.717) is 35.2 Å². The molecule has 0 aromatic rings. The Balaban J connectivity index is 1.82. The van der Waals surface area contributed by atoms with Gasteiger partial charge in [0.05, 0.1) is 5.92 Å². The Morgan fingerprint density at radius 1 is 1.09 bits per heavy atom. The Morgan fingerprint density at radius 3 is 2.35 bits per heavy atom. The molecule has 132 valence electrons. The van der Waals surface area contributed by atoms with Crippen LogP contribution in [0.4, 0.5) is 0 Å². The summed E-state index contributed by atoms with van der Waals surface area (Å²) < 4.78 is 0. The maximum absolute atomic E-state index is 13.3. The summed E-state index contributed by atoms with van der Waals surface area (Å²) in [5.74, 6) is 1.94. The molecule has 1 aliphatic carbocycles. The van der Waals surface area contributed by atoms with E-state index in [1.54, 1.807) is 0 Å². The molecule has 4 heteroatoms. The van der Waals surface area contributed by atoms with Crippen LogP contribution in [0, 0.1) is 17.8 Å². The van der Waals surface area contributed by atoms with Gasteiger partial charge in [0.15, 0.2) is 0 Å². The van der Waals surface area contributed by atoms with Gasteiger partial charge in [0.1, 0.15) is 0 Å². The van der Waals surface area contributed by atoms with Gasteiger partial charge in [-0.3, -0.25) is 9.69 Å². The highest BCUT2D eigenvalue weighted by molar-refractivity contribution is 6.20. The Bertz CT molecular complexity index is 418. The van der Waals surface area contributed by atoms with Crippen LogP contribution in [0.15, 0.2) is 0 Å². The number of piperidine rings is 1. The lowest BCUT2D eigenvalue weighted by atomic mass is 9.68. The SMILES string of the molecule is CCN(CC)C(=O)C1C2CC[C@H](C[C@@H]1C1CCC(Cl)CC1)N2C. The highest BCUT2D eigenvalue weighted by Crippen LogP contribution is 2.48. The molecule has 0 N–H and O–H groups in total. The zero-order valence-corrected chi connectivity index (χ0v) is 15.8. The van der Waals surface area contributed by atoms with Crippen molar-refractivity contribution in [1.82, 2.24) is 9.80 Å². The minimum atomic E-state index is 0.218. The lowest BCUT2D eigenvalue weighted by molar-refractivity contribution is -0.143. The first kappa shape index (κ1) is 17.5. The van der Waals surface area contributed by atoms with Gasteiger partial charge in [-0.2, -0.15) is 0 Å². The van der Waals surface area contributed by atoms with Crippen molar-refractivity contribution >= 4 is 17.5 Å². The quantitative estimate of drug-likeness (QED) is 0.728. The van der Waals surface area contributed by atoms with Crippen LogP contribution in [0.3, 0.4) is 0 Å². The number of rotatable bonds is 4. The fourth-order valence-electron chi connectivity index (χ4n) is 5.59. The Hall–Kier alpha value is -0.280. The molecule has 2 unspecified atom stereocenters. The smallest absolute Gasteiger partial charge is 0.227 e. The zero-order valence-electron chi connectivity index (χ0n) is 15.0. The predicted octanol–water partition coefficient (Wildman–Crippen LogP) is 3.75. The standard InChI is InChI=1S/C19H33ClN2O/c1-4-22(5-2)19(23)18-16(13-6-8-14(20)9-7-13)12-15-10-11-17(18)21(15)3/h13-18H,4-12H2,1-3H3/t13?,14?,15-,16-,17?,18?/m1/s1. The summed E-state index contributed by atoms with van der Waals surface area (Å²) in [6, 6.07) is 1.18. The minimum Gasteiger partial charge on any atom is -0.343 e. The van der Waals surface area contributed by atoms with Gasteiger partial charge in [0, 0.05) is 30.6 Å². The Morgan fingerprint density at radius 2 is 1.74 bits per heavy atom. The first-order valence-corrected chi connectivity index (χ1v) is 10.1. The molecule has 0 aromatic heterocycles. The number of fused-ring (bicyclic) bond motifs is 2. The van der Waals surface area contributed by atoms with E-state index in [4.69, 9.17) is 11.6 Å². The average molecular weight is 341 g/mol. The molecule has 23 heavy (non-hydrogen) atoms. The largest absolute Gasteiger partial charge is 0.343 e. The van der Waals surface area contributed by atoms with Crippen LogP contribution < -0.4 is 0 Å². The molecule has 2 aliphatic heterocycles. The highest BCUT2D eigenvalue weighted by Gasteiger charge is 2.51. The van der Waals surface area contributed by atoms with E-state index in [2.05, 4.69) is 30.7 Å². The molecule has 3 fully saturated rings. The molecule has 3 rings (SSSR count). The summed E-state index contributed by atoms with van der Waals surface area (Å²) in [6.07, 6.45) is 8.45. The normalized spacial score (nSPS) is 41.0. The first-order chi connectivity index (χ1) is 11.1. The molecule has 2 bridgehead atoms. The third-order valence-electron chi connectivity index (χ3n) is 6.98. The van der Waals surface area contributed by atoms with E-state index in [-0.39, 0.29) is 5.92 Å². The second-order valence-electron chi connectivity index (χ2n) is 7.91. The highest BCUT2D eigenvalue weighted by atomic mass is 35.5. The second kappa shape index (κ2) is 7.31.